The molecule has 0 heterocycles. The molecule has 0 atom stereocenters. The highest BCUT2D eigenvalue weighted by Crippen LogP contribution is 2.41. The minimum atomic E-state index is -3.85. The maximum atomic E-state index is 13.7. The van der Waals surface area contributed by atoms with Gasteiger partial charge in [-0.1, -0.05) is 72.7 Å². The molecule has 0 aromatic heterocycles. The smallest absolute Gasteiger partial charge is 0.264 e. The zero-order valence-electron chi connectivity index (χ0n) is 22.5. The van der Waals surface area contributed by atoms with Crippen molar-refractivity contribution in [1.82, 2.24) is 0 Å². The molecule has 200 valence electrons. The van der Waals surface area contributed by atoms with Crippen molar-refractivity contribution in [2.45, 2.75) is 10.3 Å². The van der Waals surface area contributed by atoms with Gasteiger partial charge in [0, 0.05) is 7.05 Å². The second-order valence-corrected chi connectivity index (χ2v) is 11.4. The highest BCUT2D eigenvalue weighted by Gasteiger charge is 2.35. The first-order valence-electron chi connectivity index (χ1n) is 12.7. The standard InChI is InChI=1S/C34H29NO4S/c1-5-34(27-14-18-31(38-3)19-15-27,28-16-20-32(39-4)21-17-28)29-11-8-12-30(24-29)35(2)40(36,37)33-22-13-25-9-6-7-10-26(25)23-33/h1,6-24H,2-4H3. The number of hydrogen-bond acceptors (Lipinski definition) is 4. The van der Waals surface area contributed by atoms with Crippen LogP contribution in [0, 0.1) is 12.3 Å². The van der Waals surface area contributed by atoms with Crippen LogP contribution in [0.4, 0.5) is 5.69 Å². The molecule has 0 fully saturated rings. The quantitative estimate of drug-likeness (QED) is 0.161. The molecule has 5 aromatic carbocycles. The molecule has 5 rings (SSSR count). The molecule has 0 amide bonds. The number of sulfonamides is 1. The zero-order valence-corrected chi connectivity index (χ0v) is 23.4. The van der Waals surface area contributed by atoms with Gasteiger partial charge in [-0.2, -0.15) is 0 Å². The maximum absolute atomic E-state index is 13.7. The number of rotatable bonds is 8. The largest absolute Gasteiger partial charge is 0.497 e. The summed E-state index contributed by atoms with van der Waals surface area (Å²) in [6, 6.07) is 35.4. The maximum Gasteiger partial charge on any atom is 0.264 e. The van der Waals surface area contributed by atoms with Crippen molar-refractivity contribution in [3.8, 4) is 23.8 Å². The lowest BCUT2D eigenvalue weighted by Crippen LogP contribution is -2.29. The molecule has 5 nitrogen and oxygen atoms in total. The summed E-state index contributed by atoms with van der Waals surface area (Å²) < 4.78 is 39.5. The van der Waals surface area contributed by atoms with Crippen LogP contribution in [0.25, 0.3) is 10.8 Å². The van der Waals surface area contributed by atoms with Gasteiger partial charge in [-0.05, 0) is 76.0 Å². The summed E-state index contributed by atoms with van der Waals surface area (Å²) in [5.74, 6) is 4.46. The van der Waals surface area contributed by atoms with Gasteiger partial charge in [0.2, 0.25) is 0 Å². The number of fused-ring (bicyclic) bond motifs is 1. The highest BCUT2D eigenvalue weighted by atomic mass is 32.2. The van der Waals surface area contributed by atoms with Gasteiger partial charge >= 0.3 is 0 Å². The monoisotopic (exact) mass is 547 g/mol. The van der Waals surface area contributed by atoms with Crippen LogP contribution in [0.15, 0.2) is 120 Å². The van der Waals surface area contributed by atoms with Crippen molar-refractivity contribution in [3.63, 3.8) is 0 Å². The Balaban J connectivity index is 1.64. The lowest BCUT2D eigenvalue weighted by molar-refractivity contribution is 0.414. The summed E-state index contributed by atoms with van der Waals surface area (Å²) >= 11 is 0. The Kier molecular flexibility index (Phi) is 7.25. The molecule has 0 aliphatic carbocycles. The molecule has 40 heavy (non-hydrogen) atoms. The number of benzene rings is 5. The third-order valence-corrected chi connectivity index (χ3v) is 9.07. The predicted molar refractivity (Wildman–Crippen MR) is 161 cm³/mol. The second kappa shape index (κ2) is 10.8. The van der Waals surface area contributed by atoms with Crippen LogP contribution in [0.2, 0.25) is 0 Å². The third-order valence-electron chi connectivity index (χ3n) is 7.28. The second-order valence-electron chi connectivity index (χ2n) is 9.38. The van der Waals surface area contributed by atoms with Gasteiger partial charge in [0.05, 0.1) is 24.8 Å². The van der Waals surface area contributed by atoms with E-state index in [1.54, 1.807) is 39.5 Å². The Hall–Kier alpha value is -4.73. The molecular formula is C34H29NO4S. The summed E-state index contributed by atoms with van der Waals surface area (Å²) in [6.45, 7) is 0. The first-order valence-corrected chi connectivity index (χ1v) is 14.1. The first kappa shape index (κ1) is 26.9. The summed E-state index contributed by atoms with van der Waals surface area (Å²) in [4.78, 5) is 0.215. The van der Waals surface area contributed by atoms with Crippen molar-refractivity contribution in [2.24, 2.45) is 0 Å². The molecule has 5 aromatic rings. The van der Waals surface area contributed by atoms with E-state index in [9.17, 15) is 8.42 Å². The third kappa shape index (κ3) is 4.66. The zero-order chi connectivity index (χ0) is 28.3. The van der Waals surface area contributed by atoms with Crippen molar-refractivity contribution >= 4 is 26.5 Å². The Morgan fingerprint density at radius 1 is 0.675 bits per heavy atom. The van der Waals surface area contributed by atoms with E-state index in [1.807, 2.05) is 97.1 Å². The van der Waals surface area contributed by atoms with Crippen LogP contribution < -0.4 is 13.8 Å². The normalized spacial score (nSPS) is 11.6. The van der Waals surface area contributed by atoms with Gasteiger partial charge in [0.25, 0.3) is 10.0 Å². The first-order chi connectivity index (χ1) is 19.3. The van der Waals surface area contributed by atoms with Crippen LogP contribution in [0.5, 0.6) is 11.5 Å². The van der Waals surface area contributed by atoms with E-state index < -0.39 is 15.4 Å². The summed E-state index contributed by atoms with van der Waals surface area (Å²) in [7, 11) is 0.933. The van der Waals surface area contributed by atoms with Crippen molar-refractivity contribution in [2.75, 3.05) is 25.6 Å². The highest BCUT2D eigenvalue weighted by molar-refractivity contribution is 7.92. The minimum absolute atomic E-state index is 0.215. The summed E-state index contributed by atoms with van der Waals surface area (Å²) in [5, 5.41) is 1.83. The number of hydrogen-bond donors (Lipinski definition) is 0. The Morgan fingerprint density at radius 3 is 1.80 bits per heavy atom. The van der Waals surface area contributed by atoms with E-state index in [0.717, 1.165) is 27.5 Å². The topological polar surface area (TPSA) is 55.8 Å². The van der Waals surface area contributed by atoms with Crippen LogP contribution in [-0.4, -0.2) is 29.7 Å². The molecule has 6 heteroatoms. The van der Waals surface area contributed by atoms with E-state index in [0.29, 0.717) is 17.2 Å². The van der Waals surface area contributed by atoms with Crippen molar-refractivity contribution < 1.29 is 17.9 Å². The van der Waals surface area contributed by atoms with E-state index in [4.69, 9.17) is 15.9 Å². The molecule has 0 N–H and O–H groups in total. The van der Waals surface area contributed by atoms with Gasteiger partial charge in [-0.3, -0.25) is 4.31 Å². The summed E-state index contributed by atoms with van der Waals surface area (Å²) in [6.07, 6.45) is 6.36. The molecule has 0 bridgehead atoms. The molecule has 0 saturated carbocycles. The number of nitrogens with zero attached hydrogens (tertiary/aromatic N) is 1. The summed E-state index contributed by atoms with van der Waals surface area (Å²) in [5.41, 5.74) is 1.93. The molecule has 0 saturated heterocycles. The van der Waals surface area contributed by atoms with Crippen molar-refractivity contribution in [3.05, 3.63) is 132 Å². The van der Waals surface area contributed by atoms with Gasteiger partial charge in [-0.15, -0.1) is 6.42 Å². The van der Waals surface area contributed by atoms with Gasteiger partial charge < -0.3 is 9.47 Å². The number of ether oxygens (including phenoxy) is 2. The molecule has 0 aliphatic rings. The molecule has 0 spiro atoms. The lowest BCUT2D eigenvalue weighted by atomic mass is 9.70. The molecule has 0 aliphatic heterocycles. The van der Waals surface area contributed by atoms with Crippen LogP contribution >= 0.6 is 0 Å². The lowest BCUT2D eigenvalue weighted by Gasteiger charge is -2.32. The van der Waals surface area contributed by atoms with Crippen molar-refractivity contribution in [1.29, 1.82) is 0 Å². The predicted octanol–water partition coefficient (Wildman–Crippen LogP) is 6.65. The molecule has 0 radical (unpaired) electrons. The van der Waals surface area contributed by atoms with Gasteiger partial charge in [-0.25, -0.2) is 8.42 Å². The Morgan fingerprint density at radius 2 is 1.25 bits per heavy atom. The van der Waals surface area contributed by atoms with E-state index >= 15 is 0 Å². The van der Waals surface area contributed by atoms with Gasteiger partial charge in [0.15, 0.2) is 0 Å². The van der Waals surface area contributed by atoms with E-state index in [1.165, 1.54) is 4.31 Å². The van der Waals surface area contributed by atoms with E-state index in [2.05, 4.69) is 5.92 Å². The SMILES string of the molecule is C#CC(c1ccc(OC)cc1)(c1ccc(OC)cc1)c1cccc(N(C)S(=O)(=O)c2ccc3ccccc3c2)c1. The minimum Gasteiger partial charge on any atom is -0.497 e. The number of anilines is 1. The fraction of sp³-hybridized carbons (Fsp3) is 0.118. The number of terminal acetylenes is 1. The Labute approximate surface area is 235 Å². The van der Waals surface area contributed by atoms with Crippen LogP contribution in [-0.2, 0) is 15.4 Å². The molecule has 0 unspecified atom stereocenters. The Bertz CT molecular complexity index is 1760. The van der Waals surface area contributed by atoms with E-state index in [-0.39, 0.29) is 4.90 Å². The fourth-order valence-corrected chi connectivity index (χ4v) is 6.22. The average Bonchev–Trinajstić information content (AvgIpc) is 3.01. The fourth-order valence-electron chi connectivity index (χ4n) is 4.99. The average molecular weight is 548 g/mol. The molecular weight excluding hydrogens is 518 g/mol. The van der Waals surface area contributed by atoms with Gasteiger partial charge in [0.1, 0.15) is 16.9 Å². The van der Waals surface area contributed by atoms with Crippen LogP contribution in [0.3, 0.4) is 0 Å². The van der Waals surface area contributed by atoms with Crippen LogP contribution in [0.1, 0.15) is 16.7 Å². The number of methoxy groups -OCH3 is 2.